The second-order valence-corrected chi connectivity index (χ2v) is 6.69. The van der Waals surface area contributed by atoms with Crippen LogP contribution in [-0.2, 0) is 4.79 Å². The monoisotopic (exact) mass is 311 g/mol. The zero-order valence-electron chi connectivity index (χ0n) is 11.3. The van der Waals surface area contributed by atoms with E-state index in [-0.39, 0.29) is 5.12 Å². The van der Waals surface area contributed by atoms with Crippen LogP contribution in [0, 0.1) is 0 Å². The lowest BCUT2D eigenvalue weighted by Gasteiger charge is -2.01. The Morgan fingerprint density at radius 2 is 2.00 bits per heavy atom. The van der Waals surface area contributed by atoms with Gasteiger partial charge in [0.25, 0.3) is 0 Å². The largest absolute Gasteiger partial charge is 0.279 e. The van der Waals surface area contributed by atoms with Gasteiger partial charge in [-0.25, -0.2) is 4.99 Å². The zero-order chi connectivity index (χ0) is 14.7. The summed E-state index contributed by atoms with van der Waals surface area (Å²) < 4.78 is 0.798. The van der Waals surface area contributed by atoms with E-state index < -0.39 is 0 Å². The molecular formula is C17H13NOS2. The molecule has 1 aliphatic rings. The molecule has 0 fully saturated rings. The molecule has 21 heavy (non-hydrogen) atoms. The van der Waals surface area contributed by atoms with Gasteiger partial charge in [-0.05, 0) is 34.2 Å². The van der Waals surface area contributed by atoms with Crippen molar-refractivity contribution in [1.29, 1.82) is 0 Å². The number of fused-ring (bicyclic) bond motifs is 1. The molecule has 1 aliphatic heterocycles. The first-order valence-corrected chi connectivity index (χ1v) is 8.32. The second-order valence-electron chi connectivity index (χ2n) is 4.46. The maximum Gasteiger partial charge on any atom is 0.244 e. The minimum atomic E-state index is 0.00879. The Morgan fingerprint density at radius 3 is 2.86 bits per heavy atom. The van der Waals surface area contributed by atoms with Crippen molar-refractivity contribution in [2.75, 3.05) is 5.75 Å². The Morgan fingerprint density at radius 1 is 1.19 bits per heavy atom. The van der Waals surface area contributed by atoms with Gasteiger partial charge < -0.3 is 0 Å². The SMILES string of the molecule is C=CCSC1=NC(=Cc2cccc3ccccc23)C(=O)S1. The molecule has 0 aliphatic carbocycles. The number of aliphatic imine (C=N–C) groups is 1. The van der Waals surface area contributed by atoms with E-state index in [0.29, 0.717) is 5.70 Å². The summed E-state index contributed by atoms with van der Waals surface area (Å²) >= 11 is 2.74. The fraction of sp³-hybridized carbons (Fsp3) is 0.0588. The molecular weight excluding hydrogens is 298 g/mol. The highest BCUT2D eigenvalue weighted by Gasteiger charge is 2.22. The van der Waals surface area contributed by atoms with Crippen LogP contribution in [0.25, 0.3) is 16.8 Å². The molecule has 2 aromatic carbocycles. The first-order valence-electron chi connectivity index (χ1n) is 6.52. The Kier molecular flexibility index (Phi) is 4.27. The van der Waals surface area contributed by atoms with E-state index >= 15 is 0 Å². The molecule has 104 valence electrons. The third kappa shape index (κ3) is 3.12. The number of hydrogen-bond donors (Lipinski definition) is 0. The Balaban J connectivity index is 1.98. The predicted octanol–water partition coefficient (Wildman–Crippen LogP) is 4.73. The van der Waals surface area contributed by atoms with E-state index in [9.17, 15) is 4.79 Å². The topological polar surface area (TPSA) is 29.4 Å². The van der Waals surface area contributed by atoms with Gasteiger partial charge in [0.2, 0.25) is 5.12 Å². The summed E-state index contributed by atoms with van der Waals surface area (Å²) in [5.74, 6) is 0.765. The van der Waals surface area contributed by atoms with Crippen LogP contribution in [0.1, 0.15) is 5.56 Å². The van der Waals surface area contributed by atoms with Crippen LogP contribution in [0.15, 0.2) is 65.8 Å². The first-order chi connectivity index (χ1) is 10.3. The number of hydrogen-bond acceptors (Lipinski definition) is 4. The minimum Gasteiger partial charge on any atom is -0.279 e. The fourth-order valence-electron chi connectivity index (χ4n) is 2.11. The molecule has 2 nitrogen and oxygen atoms in total. The van der Waals surface area contributed by atoms with E-state index in [1.54, 1.807) is 0 Å². The van der Waals surface area contributed by atoms with Gasteiger partial charge in [-0.3, -0.25) is 4.79 Å². The number of carbonyl (C=O) groups excluding carboxylic acids is 1. The lowest BCUT2D eigenvalue weighted by atomic mass is 10.0. The van der Waals surface area contributed by atoms with E-state index in [1.165, 1.54) is 23.5 Å². The third-order valence-corrected chi connectivity index (χ3v) is 5.05. The molecule has 3 rings (SSSR count). The summed E-state index contributed by atoms with van der Waals surface area (Å²) in [4.78, 5) is 16.4. The number of carbonyl (C=O) groups is 1. The van der Waals surface area contributed by atoms with E-state index in [1.807, 2.05) is 36.4 Å². The van der Waals surface area contributed by atoms with Crippen molar-refractivity contribution < 1.29 is 4.79 Å². The molecule has 1 heterocycles. The molecule has 2 aromatic rings. The van der Waals surface area contributed by atoms with Gasteiger partial charge in [0.05, 0.1) is 0 Å². The lowest BCUT2D eigenvalue weighted by Crippen LogP contribution is -1.88. The second kappa shape index (κ2) is 6.33. The summed E-state index contributed by atoms with van der Waals surface area (Å²) in [7, 11) is 0. The molecule has 0 amide bonds. The van der Waals surface area contributed by atoms with Crippen molar-refractivity contribution in [3.63, 3.8) is 0 Å². The van der Waals surface area contributed by atoms with Gasteiger partial charge in [0, 0.05) is 5.75 Å². The van der Waals surface area contributed by atoms with E-state index in [2.05, 4.69) is 29.8 Å². The minimum absolute atomic E-state index is 0.00879. The van der Waals surface area contributed by atoms with Gasteiger partial charge in [-0.15, -0.1) is 6.58 Å². The molecule has 0 N–H and O–H groups in total. The normalized spacial score (nSPS) is 16.5. The Hall–Kier alpha value is -1.78. The number of nitrogens with zero attached hydrogens (tertiary/aromatic N) is 1. The van der Waals surface area contributed by atoms with Crippen LogP contribution < -0.4 is 0 Å². The summed E-state index contributed by atoms with van der Waals surface area (Å²) in [6.07, 6.45) is 3.68. The quantitative estimate of drug-likeness (QED) is 0.606. The van der Waals surface area contributed by atoms with Crippen LogP contribution >= 0.6 is 23.5 Å². The summed E-state index contributed by atoms with van der Waals surface area (Å²) in [6.45, 7) is 3.68. The first kappa shape index (κ1) is 14.2. The maximum atomic E-state index is 12.0. The van der Waals surface area contributed by atoms with Crippen LogP contribution in [0.3, 0.4) is 0 Å². The molecule has 0 unspecified atom stereocenters. The van der Waals surface area contributed by atoms with Crippen molar-refractivity contribution in [2.45, 2.75) is 0 Å². The average molecular weight is 311 g/mol. The van der Waals surface area contributed by atoms with Crippen molar-refractivity contribution in [3.05, 3.63) is 66.4 Å². The van der Waals surface area contributed by atoms with Crippen LogP contribution in [0.2, 0.25) is 0 Å². The molecule has 0 radical (unpaired) electrons. The maximum absolute atomic E-state index is 12.0. The zero-order valence-corrected chi connectivity index (χ0v) is 12.9. The molecule has 0 bridgehead atoms. The highest BCUT2D eigenvalue weighted by molar-refractivity contribution is 8.45. The molecule has 0 saturated carbocycles. The molecule has 0 saturated heterocycles. The fourth-order valence-corrected chi connectivity index (χ4v) is 3.71. The standard InChI is InChI=1S/C17H13NOS2/c1-2-10-20-17-18-15(16(19)21-17)11-13-8-5-7-12-6-3-4-9-14(12)13/h2-9,11H,1,10H2. The molecule has 0 atom stereocenters. The summed E-state index contributed by atoms with van der Waals surface area (Å²) in [6, 6.07) is 14.2. The van der Waals surface area contributed by atoms with Crippen molar-refractivity contribution >= 4 is 49.9 Å². The van der Waals surface area contributed by atoms with Crippen LogP contribution in [0.5, 0.6) is 0 Å². The van der Waals surface area contributed by atoms with Gasteiger partial charge in [0.15, 0.2) is 0 Å². The average Bonchev–Trinajstić information content (AvgIpc) is 2.86. The molecule has 0 aromatic heterocycles. The van der Waals surface area contributed by atoms with Crippen molar-refractivity contribution in [3.8, 4) is 0 Å². The summed E-state index contributed by atoms with van der Waals surface area (Å²) in [5, 5.41) is 2.30. The number of benzene rings is 2. The lowest BCUT2D eigenvalue weighted by molar-refractivity contribution is -0.107. The highest BCUT2D eigenvalue weighted by atomic mass is 32.2. The van der Waals surface area contributed by atoms with Gasteiger partial charge in [-0.2, -0.15) is 0 Å². The van der Waals surface area contributed by atoms with Crippen molar-refractivity contribution in [2.24, 2.45) is 4.99 Å². The Bertz CT molecular complexity index is 772. The van der Waals surface area contributed by atoms with Crippen LogP contribution in [0.4, 0.5) is 0 Å². The van der Waals surface area contributed by atoms with Crippen LogP contribution in [-0.4, -0.2) is 15.2 Å². The molecule has 4 heteroatoms. The third-order valence-electron chi connectivity index (χ3n) is 3.04. The predicted molar refractivity (Wildman–Crippen MR) is 94.6 cm³/mol. The number of thioether (sulfide) groups is 2. The highest BCUT2D eigenvalue weighted by Crippen LogP contribution is 2.32. The summed E-state index contributed by atoms with van der Waals surface area (Å²) in [5.41, 5.74) is 1.54. The van der Waals surface area contributed by atoms with Gasteiger partial charge >= 0.3 is 0 Å². The van der Waals surface area contributed by atoms with Gasteiger partial charge in [0.1, 0.15) is 10.1 Å². The van der Waals surface area contributed by atoms with E-state index in [4.69, 9.17) is 0 Å². The van der Waals surface area contributed by atoms with E-state index in [0.717, 1.165) is 26.5 Å². The molecule has 0 spiro atoms. The Labute approximate surface area is 132 Å². The van der Waals surface area contributed by atoms with Gasteiger partial charge in [-0.1, -0.05) is 60.3 Å². The number of rotatable bonds is 3. The van der Waals surface area contributed by atoms with Crippen molar-refractivity contribution in [1.82, 2.24) is 0 Å². The smallest absolute Gasteiger partial charge is 0.244 e.